The zero-order chi connectivity index (χ0) is 16.7. The molecule has 0 unspecified atom stereocenters. The molecule has 0 saturated heterocycles. The van der Waals surface area contributed by atoms with E-state index in [2.05, 4.69) is 10.3 Å². The Bertz CT molecular complexity index is 625. The van der Waals surface area contributed by atoms with Crippen molar-refractivity contribution in [3.63, 3.8) is 0 Å². The largest absolute Gasteiger partial charge is 0.494 e. The van der Waals surface area contributed by atoms with Gasteiger partial charge in [-0.15, -0.1) is 11.3 Å². The third-order valence-corrected chi connectivity index (χ3v) is 4.22. The molecule has 1 amide bonds. The average molecular weight is 334 g/mol. The number of rotatable bonds is 8. The number of carbonyl (C=O) groups excluding carboxylic acids is 1. The van der Waals surface area contributed by atoms with Crippen LogP contribution in [0.25, 0.3) is 10.6 Å². The number of aliphatic hydroxyl groups is 1. The lowest BCUT2D eigenvalue weighted by atomic mass is 10.2. The van der Waals surface area contributed by atoms with Gasteiger partial charge in [0.25, 0.3) is 0 Å². The van der Waals surface area contributed by atoms with Gasteiger partial charge < -0.3 is 15.2 Å². The van der Waals surface area contributed by atoms with E-state index in [1.807, 2.05) is 43.5 Å². The van der Waals surface area contributed by atoms with Crippen molar-refractivity contribution in [3.8, 4) is 16.3 Å². The minimum absolute atomic E-state index is 0.0308. The highest BCUT2D eigenvalue weighted by Crippen LogP contribution is 2.26. The lowest BCUT2D eigenvalue weighted by molar-refractivity contribution is -0.121. The van der Waals surface area contributed by atoms with Crippen LogP contribution in [0.5, 0.6) is 5.75 Å². The summed E-state index contributed by atoms with van der Waals surface area (Å²) in [5.74, 6) is 0.764. The normalized spacial score (nSPS) is 12.0. The zero-order valence-electron chi connectivity index (χ0n) is 13.4. The Morgan fingerprint density at radius 2 is 2.13 bits per heavy atom. The summed E-state index contributed by atoms with van der Waals surface area (Å²) in [4.78, 5) is 16.4. The molecule has 2 rings (SSSR count). The summed E-state index contributed by atoms with van der Waals surface area (Å²) < 4.78 is 5.42. The fraction of sp³-hybridized carbons (Fsp3) is 0.412. The van der Waals surface area contributed by atoms with Crippen LogP contribution >= 0.6 is 11.3 Å². The summed E-state index contributed by atoms with van der Waals surface area (Å²) in [6.45, 7) is 4.54. The van der Waals surface area contributed by atoms with Crippen LogP contribution in [0.1, 0.15) is 26.0 Å². The van der Waals surface area contributed by atoms with Crippen molar-refractivity contribution in [2.24, 2.45) is 0 Å². The molecule has 0 saturated carbocycles. The predicted molar refractivity (Wildman–Crippen MR) is 91.7 cm³/mol. The second kappa shape index (κ2) is 8.64. The third kappa shape index (κ3) is 5.33. The number of ether oxygens (including phenoxy) is 1. The molecule has 23 heavy (non-hydrogen) atoms. The van der Waals surface area contributed by atoms with Crippen LogP contribution in [0.2, 0.25) is 0 Å². The van der Waals surface area contributed by atoms with E-state index in [0.717, 1.165) is 22.0 Å². The maximum atomic E-state index is 11.9. The van der Waals surface area contributed by atoms with Crippen LogP contribution in [-0.2, 0) is 11.2 Å². The van der Waals surface area contributed by atoms with Gasteiger partial charge in [0.1, 0.15) is 10.8 Å². The van der Waals surface area contributed by atoms with Crippen molar-refractivity contribution < 1.29 is 14.6 Å². The van der Waals surface area contributed by atoms with E-state index in [1.165, 1.54) is 11.3 Å². The number of amides is 1. The molecule has 0 radical (unpaired) electrons. The number of thiazole rings is 1. The van der Waals surface area contributed by atoms with Crippen molar-refractivity contribution in [3.05, 3.63) is 35.3 Å². The first kappa shape index (κ1) is 17.4. The molecule has 2 N–H and O–H groups in total. The molecule has 2 aromatic rings. The SMILES string of the molecule is CCOc1ccc(-c2nc(CC(=O)N[C@H](C)CCO)cs2)cc1. The number of nitrogens with zero attached hydrogens (tertiary/aromatic N) is 1. The van der Waals surface area contributed by atoms with Gasteiger partial charge in [-0.1, -0.05) is 0 Å². The van der Waals surface area contributed by atoms with E-state index in [4.69, 9.17) is 9.84 Å². The molecule has 5 nitrogen and oxygen atoms in total. The quantitative estimate of drug-likeness (QED) is 0.778. The van der Waals surface area contributed by atoms with Gasteiger partial charge in [0, 0.05) is 23.6 Å². The molecule has 1 atom stereocenters. The summed E-state index contributed by atoms with van der Waals surface area (Å²) in [6.07, 6.45) is 0.809. The number of carbonyl (C=O) groups is 1. The van der Waals surface area contributed by atoms with E-state index in [0.29, 0.717) is 13.0 Å². The minimum Gasteiger partial charge on any atom is -0.494 e. The second-order valence-electron chi connectivity index (χ2n) is 5.26. The fourth-order valence-electron chi connectivity index (χ4n) is 2.14. The lowest BCUT2D eigenvalue weighted by Crippen LogP contribution is -2.34. The number of aromatic nitrogens is 1. The lowest BCUT2D eigenvalue weighted by Gasteiger charge is -2.11. The minimum atomic E-state index is -0.0745. The van der Waals surface area contributed by atoms with Crippen LogP contribution < -0.4 is 10.1 Å². The van der Waals surface area contributed by atoms with Crippen LogP contribution in [0.4, 0.5) is 0 Å². The Labute approximate surface area is 140 Å². The van der Waals surface area contributed by atoms with Gasteiger partial charge in [0.2, 0.25) is 5.91 Å². The maximum absolute atomic E-state index is 11.9. The molecule has 0 spiro atoms. The van der Waals surface area contributed by atoms with Gasteiger partial charge in [-0.3, -0.25) is 4.79 Å². The number of hydrogen-bond donors (Lipinski definition) is 2. The number of hydrogen-bond acceptors (Lipinski definition) is 5. The summed E-state index contributed by atoms with van der Waals surface area (Å²) in [7, 11) is 0. The van der Waals surface area contributed by atoms with Crippen LogP contribution in [0.15, 0.2) is 29.6 Å². The van der Waals surface area contributed by atoms with Gasteiger partial charge in [-0.2, -0.15) is 0 Å². The van der Waals surface area contributed by atoms with E-state index in [1.54, 1.807) is 0 Å². The van der Waals surface area contributed by atoms with Gasteiger partial charge in [0.05, 0.1) is 18.7 Å². The smallest absolute Gasteiger partial charge is 0.226 e. The topological polar surface area (TPSA) is 71.5 Å². The number of nitrogens with one attached hydrogen (secondary N) is 1. The van der Waals surface area contributed by atoms with E-state index in [-0.39, 0.29) is 25.0 Å². The van der Waals surface area contributed by atoms with Gasteiger partial charge in [0.15, 0.2) is 0 Å². The summed E-state index contributed by atoms with van der Waals surface area (Å²) in [5, 5.41) is 14.5. The first-order chi connectivity index (χ1) is 11.1. The molecular weight excluding hydrogens is 312 g/mol. The molecule has 0 fully saturated rings. The molecule has 1 aromatic heterocycles. The Morgan fingerprint density at radius 1 is 1.39 bits per heavy atom. The molecule has 0 aliphatic rings. The van der Waals surface area contributed by atoms with Crippen molar-refractivity contribution in [1.29, 1.82) is 0 Å². The predicted octanol–water partition coefficient (Wildman–Crippen LogP) is 2.64. The summed E-state index contributed by atoms with van der Waals surface area (Å²) >= 11 is 1.52. The van der Waals surface area contributed by atoms with Crippen LogP contribution in [-0.4, -0.2) is 35.3 Å². The molecule has 0 aliphatic carbocycles. The van der Waals surface area contributed by atoms with Crippen LogP contribution in [0, 0.1) is 0 Å². The number of aliphatic hydroxyl groups excluding tert-OH is 1. The van der Waals surface area contributed by atoms with Crippen molar-refractivity contribution >= 4 is 17.2 Å². The first-order valence-electron chi connectivity index (χ1n) is 7.70. The molecule has 124 valence electrons. The number of benzene rings is 1. The summed E-state index contributed by atoms with van der Waals surface area (Å²) in [5.41, 5.74) is 1.77. The highest BCUT2D eigenvalue weighted by molar-refractivity contribution is 7.13. The second-order valence-corrected chi connectivity index (χ2v) is 6.12. The van der Waals surface area contributed by atoms with E-state index < -0.39 is 0 Å². The highest BCUT2D eigenvalue weighted by Gasteiger charge is 2.11. The maximum Gasteiger partial charge on any atom is 0.226 e. The van der Waals surface area contributed by atoms with Gasteiger partial charge in [-0.05, 0) is 44.5 Å². The molecule has 0 bridgehead atoms. The zero-order valence-corrected chi connectivity index (χ0v) is 14.2. The Hall–Kier alpha value is -1.92. The molecule has 1 heterocycles. The van der Waals surface area contributed by atoms with Crippen LogP contribution in [0.3, 0.4) is 0 Å². The van der Waals surface area contributed by atoms with E-state index >= 15 is 0 Å². The molecule has 6 heteroatoms. The Balaban J connectivity index is 1.96. The van der Waals surface area contributed by atoms with E-state index in [9.17, 15) is 4.79 Å². The fourth-order valence-corrected chi connectivity index (χ4v) is 2.96. The van der Waals surface area contributed by atoms with Crippen molar-refractivity contribution in [2.45, 2.75) is 32.7 Å². The van der Waals surface area contributed by atoms with Crippen molar-refractivity contribution in [1.82, 2.24) is 10.3 Å². The third-order valence-electron chi connectivity index (χ3n) is 3.28. The Kier molecular flexibility index (Phi) is 6.55. The van der Waals surface area contributed by atoms with Gasteiger partial charge >= 0.3 is 0 Å². The monoisotopic (exact) mass is 334 g/mol. The van der Waals surface area contributed by atoms with Gasteiger partial charge in [-0.25, -0.2) is 4.98 Å². The molecule has 0 aliphatic heterocycles. The average Bonchev–Trinajstić information content (AvgIpc) is 2.96. The first-order valence-corrected chi connectivity index (χ1v) is 8.58. The molecule has 1 aromatic carbocycles. The Morgan fingerprint density at radius 3 is 2.78 bits per heavy atom. The highest BCUT2D eigenvalue weighted by atomic mass is 32.1. The van der Waals surface area contributed by atoms with Crippen molar-refractivity contribution in [2.75, 3.05) is 13.2 Å². The molecular formula is C17H22N2O3S. The standard InChI is InChI=1S/C17H22N2O3S/c1-3-22-15-6-4-13(5-7-15)17-19-14(11-23-17)10-16(21)18-12(2)8-9-20/h4-7,11-12,20H,3,8-10H2,1-2H3,(H,18,21)/t12-/m1/s1. The summed E-state index contributed by atoms with van der Waals surface area (Å²) in [6, 6.07) is 7.75.